The predicted molar refractivity (Wildman–Crippen MR) is 61.5 cm³/mol. The Morgan fingerprint density at radius 1 is 1.00 bits per heavy atom. The molecule has 2 aromatic heterocycles. The number of benzene rings is 1. The molecule has 0 saturated heterocycles. The molecule has 15 heavy (non-hydrogen) atoms. The van der Waals surface area contributed by atoms with E-state index < -0.39 is 0 Å². The van der Waals surface area contributed by atoms with Crippen molar-refractivity contribution in [1.82, 2.24) is 9.97 Å². The molecule has 3 rings (SSSR count). The van der Waals surface area contributed by atoms with Gasteiger partial charge in [-0.3, -0.25) is 4.98 Å². The van der Waals surface area contributed by atoms with E-state index in [0.717, 1.165) is 16.8 Å². The third-order valence-electron chi connectivity index (χ3n) is 2.51. The maximum Gasteiger partial charge on any atom is 0.0702 e. The molecule has 1 N–H and O–H groups in total. The van der Waals surface area contributed by atoms with Crippen LogP contribution in [0.2, 0.25) is 0 Å². The van der Waals surface area contributed by atoms with Crippen molar-refractivity contribution in [2.45, 2.75) is 0 Å². The number of H-pyrrole nitrogens is 1. The fourth-order valence-corrected chi connectivity index (χ4v) is 1.75. The van der Waals surface area contributed by atoms with Gasteiger partial charge in [-0.2, -0.15) is 0 Å². The Hall–Kier alpha value is -2.09. The van der Waals surface area contributed by atoms with Crippen molar-refractivity contribution in [2.24, 2.45) is 0 Å². The number of hydrogen-bond donors (Lipinski definition) is 1. The molecule has 72 valence electrons. The molecule has 0 amide bonds. The topological polar surface area (TPSA) is 28.7 Å². The molecule has 0 spiro atoms. The van der Waals surface area contributed by atoms with Gasteiger partial charge < -0.3 is 4.98 Å². The summed E-state index contributed by atoms with van der Waals surface area (Å²) in [6.07, 6.45) is 3.77. The van der Waals surface area contributed by atoms with Crippen LogP contribution in [-0.2, 0) is 0 Å². The first kappa shape index (κ1) is 8.24. The fraction of sp³-hybridized carbons (Fsp3) is 0. The van der Waals surface area contributed by atoms with Gasteiger partial charge in [0.15, 0.2) is 0 Å². The van der Waals surface area contributed by atoms with E-state index in [0.29, 0.717) is 0 Å². The molecular weight excluding hydrogens is 184 g/mol. The Bertz CT molecular complexity index is 582. The summed E-state index contributed by atoms with van der Waals surface area (Å²) in [6.45, 7) is 0. The van der Waals surface area contributed by atoms with Crippen molar-refractivity contribution in [3.8, 4) is 11.3 Å². The second-order valence-corrected chi connectivity index (χ2v) is 3.49. The van der Waals surface area contributed by atoms with E-state index in [9.17, 15) is 0 Å². The van der Waals surface area contributed by atoms with Crippen LogP contribution in [-0.4, -0.2) is 9.97 Å². The summed E-state index contributed by atoms with van der Waals surface area (Å²) >= 11 is 0. The van der Waals surface area contributed by atoms with Crippen molar-refractivity contribution in [2.75, 3.05) is 0 Å². The van der Waals surface area contributed by atoms with E-state index >= 15 is 0 Å². The van der Waals surface area contributed by atoms with Crippen LogP contribution in [0.5, 0.6) is 0 Å². The highest BCUT2D eigenvalue weighted by atomic mass is 14.7. The SMILES string of the molecule is c1ccc(-c2ccc3[nH]ccc3c2)nc1. The number of hydrogen-bond acceptors (Lipinski definition) is 1. The van der Waals surface area contributed by atoms with Gasteiger partial charge >= 0.3 is 0 Å². The lowest BCUT2D eigenvalue weighted by atomic mass is 10.1. The zero-order chi connectivity index (χ0) is 10.1. The molecule has 0 atom stereocenters. The maximum atomic E-state index is 4.33. The second-order valence-electron chi connectivity index (χ2n) is 3.49. The van der Waals surface area contributed by atoms with Crippen molar-refractivity contribution < 1.29 is 0 Å². The molecular formula is C13H10N2. The maximum absolute atomic E-state index is 4.33. The highest BCUT2D eigenvalue weighted by Gasteiger charge is 1.99. The average Bonchev–Trinajstić information content (AvgIpc) is 2.77. The molecule has 0 saturated carbocycles. The van der Waals surface area contributed by atoms with Gasteiger partial charge in [0.25, 0.3) is 0 Å². The van der Waals surface area contributed by atoms with E-state index in [4.69, 9.17) is 0 Å². The summed E-state index contributed by atoms with van der Waals surface area (Å²) in [5, 5.41) is 1.22. The van der Waals surface area contributed by atoms with Crippen LogP contribution in [0.3, 0.4) is 0 Å². The summed E-state index contributed by atoms with van der Waals surface area (Å²) < 4.78 is 0. The van der Waals surface area contributed by atoms with Crippen molar-refractivity contribution >= 4 is 10.9 Å². The van der Waals surface area contributed by atoms with Gasteiger partial charge in [-0.15, -0.1) is 0 Å². The van der Waals surface area contributed by atoms with Crippen LogP contribution in [0.4, 0.5) is 0 Å². The summed E-state index contributed by atoms with van der Waals surface area (Å²) in [6, 6.07) is 14.3. The van der Waals surface area contributed by atoms with Crippen LogP contribution in [0.15, 0.2) is 54.9 Å². The molecule has 3 aromatic rings. The van der Waals surface area contributed by atoms with E-state index in [1.54, 1.807) is 0 Å². The summed E-state index contributed by atoms with van der Waals surface area (Å²) in [7, 11) is 0. The quantitative estimate of drug-likeness (QED) is 0.633. The number of fused-ring (bicyclic) bond motifs is 1. The highest BCUT2D eigenvalue weighted by molar-refractivity contribution is 5.84. The Morgan fingerprint density at radius 3 is 2.87 bits per heavy atom. The smallest absolute Gasteiger partial charge is 0.0702 e. The third-order valence-corrected chi connectivity index (χ3v) is 2.51. The van der Waals surface area contributed by atoms with Gasteiger partial charge in [0, 0.05) is 28.9 Å². The van der Waals surface area contributed by atoms with Crippen LogP contribution < -0.4 is 0 Å². The molecule has 0 aliphatic rings. The van der Waals surface area contributed by atoms with Gasteiger partial charge in [-0.1, -0.05) is 12.1 Å². The highest BCUT2D eigenvalue weighted by Crippen LogP contribution is 2.21. The lowest BCUT2D eigenvalue weighted by Crippen LogP contribution is -1.81. The zero-order valence-electron chi connectivity index (χ0n) is 8.14. The molecule has 0 aliphatic carbocycles. The van der Waals surface area contributed by atoms with Crippen molar-refractivity contribution in [3.05, 3.63) is 54.9 Å². The van der Waals surface area contributed by atoms with Crippen LogP contribution >= 0.6 is 0 Å². The minimum atomic E-state index is 1.01. The molecule has 0 aliphatic heterocycles. The Kier molecular flexibility index (Phi) is 1.78. The lowest BCUT2D eigenvalue weighted by Gasteiger charge is -1.99. The molecule has 2 heterocycles. The first-order chi connectivity index (χ1) is 7.43. The molecule has 0 fully saturated rings. The standard InChI is InChI=1S/C13H10N2/c1-2-7-14-12(3-1)10-4-5-13-11(9-10)6-8-15-13/h1-9,15H. The second kappa shape index (κ2) is 3.24. The van der Waals surface area contributed by atoms with Gasteiger partial charge in [0.05, 0.1) is 5.69 Å². The minimum absolute atomic E-state index is 1.01. The summed E-state index contributed by atoms with van der Waals surface area (Å²) in [5.74, 6) is 0. The summed E-state index contributed by atoms with van der Waals surface area (Å²) in [5.41, 5.74) is 3.33. The fourth-order valence-electron chi connectivity index (χ4n) is 1.75. The van der Waals surface area contributed by atoms with Crippen LogP contribution in [0, 0.1) is 0 Å². The van der Waals surface area contributed by atoms with Gasteiger partial charge in [0.1, 0.15) is 0 Å². The summed E-state index contributed by atoms with van der Waals surface area (Å²) in [4.78, 5) is 7.51. The van der Waals surface area contributed by atoms with E-state index in [2.05, 4.69) is 34.2 Å². The predicted octanol–water partition coefficient (Wildman–Crippen LogP) is 3.23. The zero-order valence-corrected chi connectivity index (χ0v) is 8.14. The Morgan fingerprint density at radius 2 is 2.00 bits per heavy atom. The normalized spacial score (nSPS) is 10.7. The van der Waals surface area contributed by atoms with E-state index in [-0.39, 0.29) is 0 Å². The van der Waals surface area contributed by atoms with Crippen LogP contribution in [0.1, 0.15) is 0 Å². The molecule has 0 radical (unpaired) electrons. The number of aromatic nitrogens is 2. The first-order valence-electron chi connectivity index (χ1n) is 4.92. The minimum Gasteiger partial charge on any atom is -0.361 e. The molecule has 0 unspecified atom stereocenters. The number of rotatable bonds is 1. The lowest BCUT2D eigenvalue weighted by molar-refractivity contribution is 1.33. The van der Waals surface area contributed by atoms with E-state index in [1.807, 2.05) is 30.6 Å². The van der Waals surface area contributed by atoms with Crippen LogP contribution in [0.25, 0.3) is 22.2 Å². The molecule has 2 nitrogen and oxygen atoms in total. The van der Waals surface area contributed by atoms with Gasteiger partial charge in [0.2, 0.25) is 0 Å². The third kappa shape index (κ3) is 1.40. The molecule has 2 heteroatoms. The molecule has 1 aromatic carbocycles. The van der Waals surface area contributed by atoms with Crippen molar-refractivity contribution in [3.63, 3.8) is 0 Å². The Balaban J connectivity index is 2.19. The van der Waals surface area contributed by atoms with Gasteiger partial charge in [-0.25, -0.2) is 0 Å². The average molecular weight is 194 g/mol. The number of nitrogens with zero attached hydrogens (tertiary/aromatic N) is 1. The van der Waals surface area contributed by atoms with E-state index in [1.165, 1.54) is 5.39 Å². The first-order valence-corrected chi connectivity index (χ1v) is 4.92. The number of pyridine rings is 1. The number of nitrogens with one attached hydrogen (secondary N) is 1. The molecule has 0 bridgehead atoms. The van der Waals surface area contributed by atoms with Gasteiger partial charge in [-0.05, 0) is 30.3 Å². The van der Waals surface area contributed by atoms with Crippen molar-refractivity contribution in [1.29, 1.82) is 0 Å². The number of aromatic amines is 1. The largest absolute Gasteiger partial charge is 0.361 e. The Labute approximate surface area is 87.6 Å². The monoisotopic (exact) mass is 194 g/mol.